The fraction of sp³-hybridized carbons (Fsp3) is 0.280. The van der Waals surface area contributed by atoms with Crippen LogP contribution in [0.25, 0.3) is 6.08 Å². The first-order valence-electron chi connectivity index (χ1n) is 10.8. The van der Waals surface area contributed by atoms with Crippen molar-refractivity contribution in [1.82, 2.24) is 4.90 Å². The maximum absolute atomic E-state index is 12.7. The minimum absolute atomic E-state index is 0.151. The summed E-state index contributed by atoms with van der Waals surface area (Å²) in [6, 6.07) is 11.2. The van der Waals surface area contributed by atoms with E-state index in [2.05, 4.69) is 0 Å². The molecule has 1 aliphatic heterocycles. The lowest BCUT2D eigenvalue weighted by Crippen LogP contribution is -2.35. The van der Waals surface area contributed by atoms with Gasteiger partial charge >= 0.3 is 11.9 Å². The maximum Gasteiger partial charge on any atom is 0.343 e. The lowest BCUT2D eigenvalue weighted by molar-refractivity contribution is -0.149. The summed E-state index contributed by atoms with van der Waals surface area (Å²) in [7, 11) is 1.53. The monoisotopic (exact) mass is 499 g/mol. The Labute approximate surface area is 207 Å². The van der Waals surface area contributed by atoms with Gasteiger partial charge in [-0.1, -0.05) is 6.07 Å². The number of carbonyl (C=O) groups is 4. The standard InChI is InChI=1S/C25H25NO8S/c1-5-32-20-12-16(6-11-19(20)34-24(29)17-7-9-18(31-4)10-8-17)13-21-23(28)26(25(30)35-21)14-22(27)33-15(2)3/h6-13,15H,5,14H2,1-4H3/b21-13-. The van der Waals surface area contributed by atoms with Gasteiger partial charge in [0.2, 0.25) is 0 Å². The highest BCUT2D eigenvalue weighted by atomic mass is 32.2. The van der Waals surface area contributed by atoms with Gasteiger partial charge in [0.05, 0.1) is 30.3 Å². The van der Waals surface area contributed by atoms with Gasteiger partial charge in [0.1, 0.15) is 12.3 Å². The molecule has 1 fully saturated rings. The number of hydrogen-bond donors (Lipinski definition) is 0. The fourth-order valence-electron chi connectivity index (χ4n) is 3.07. The summed E-state index contributed by atoms with van der Waals surface area (Å²) in [5, 5.41) is -0.558. The van der Waals surface area contributed by atoms with Crippen LogP contribution < -0.4 is 14.2 Å². The van der Waals surface area contributed by atoms with Crippen LogP contribution in [-0.2, 0) is 14.3 Å². The number of nitrogens with zero attached hydrogens (tertiary/aromatic N) is 1. The van der Waals surface area contributed by atoms with Crippen molar-refractivity contribution < 1.29 is 38.1 Å². The van der Waals surface area contributed by atoms with Gasteiger partial charge in [-0.2, -0.15) is 0 Å². The molecule has 35 heavy (non-hydrogen) atoms. The average molecular weight is 500 g/mol. The molecule has 2 aromatic rings. The third-order valence-electron chi connectivity index (χ3n) is 4.62. The van der Waals surface area contributed by atoms with E-state index in [4.69, 9.17) is 18.9 Å². The molecular formula is C25H25NO8S. The molecule has 0 unspecified atom stereocenters. The van der Waals surface area contributed by atoms with Crippen LogP contribution in [-0.4, -0.2) is 54.4 Å². The average Bonchev–Trinajstić information content (AvgIpc) is 3.07. The minimum atomic E-state index is -0.662. The molecule has 10 heteroatoms. The number of rotatable bonds is 9. The normalized spacial score (nSPS) is 14.4. The first kappa shape index (κ1) is 25.8. The van der Waals surface area contributed by atoms with E-state index in [-0.39, 0.29) is 16.8 Å². The highest BCUT2D eigenvalue weighted by Gasteiger charge is 2.36. The molecule has 0 spiro atoms. The second-order valence-corrected chi connectivity index (χ2v) is 8.56. The maximum atomic E-state index is 12.7. The Morgan fingerprint density at radius 1 is 1.06 bits per heavy atom. The van der Waals surface area contributed by atoms with Crippen LogP contribution in [0.3, 0.4) is 0 Å². The summed E-state index contributed by atoms with van der Waals surface area (Å²) >= 11 is 0.726. The van der Waals surface area contributed by atoms with Gasteiger partial charge in [-0.15, -0.1) is 0 Å². The number of benzene rings is 2. The van der Waals surface area contributed by atoms with Crippen LogP contribution in [0.1, 0.15) is 36.7 Å². The Bertz CT molecular complexity index is 1160. The second-order valence-electron chi connectivity index (χ2n) is 7.56. The molecule has 0 atom stereocenters. The summed E-state index contributed by atoms with van der Waals surface area (Å²) in [6.07, 6.45) is 1.16. The molecular weight excluding hydrogens is 474 g/mol. The predicted molar refractivity (Wildman–Crippen MR) is 129 cm³/mol. The Morgan fingerprint density at radius 3 is 2.40 bits per heavy atom. The molecule has 0 radical (unpaired) electrons. The van der Waals surface area contributed by atoms with E-state index in [9.17, 15) is 19.2 Å². The molecule has 3 rings (SSSR count). The second kappa shape index (κ2) is 11.6. The zero-order valence-corrected chi connectivity index (χ0v) is 20.5. The molecule has 1 aliphatic rings. The number of hydrogen-bond acceptors (Lipinski definition) is 9. The van der Waals surface area contributed by atoms with Gasteiger partial charge in [-0.05, 0) is 80.6 Å². The van der Waals surface area contributed by atoms with Crippen LogP contribution >= 0.6 is 11.8 Å². The van der Waals surface area contributed by atoms with E-state index < -0.39 is 29.6 Å². The first-order chi connectivity index (χ1) is 16.7. The van der Waals surface area contributed by atoms with E-state index >= 15 is 0 Å². The smallest absolute Gasteiger partial charge is 0.343 e. The van der Waals surface area contributed by atoms with Gasteiger partial charge in [0.15, 0.2) is 11.5 Å². The van der Waals surface area contributed by atoms with Crippen molar-refractivity contribution in [3.63, 3.8) is 0 Å². The van der Waals surface area contributed by atoms with Gasteiger partial charge in [-0.3, -0.25) is 19.3 Å². The summed E-state index contributed by atoms with van der Waals surface area (Å²) in [6.45, 7) is 5.00. The largest absolute Gasteiger partial charge is 0.497 e. The number of imide groups is 1. The zero-order chi connectivity index (χ0) is 25.5. The molecule has 1 heterocycles. The van der Waals surface area contributed by atoms with Crippen molar-refractivity contribution in [2.24, 2.45) is 0 Å². The molecule has 0 N–H and O–H groups in total. The molecule has 2 amide bonds. The van der Waals surface area contributed by atoms with E-state index in [1.54, 1.807) is 63.2 Å². The first-order valence-corrected chi connectivity index (χ1v) is 11.6. The quantitative estimate of drug-likeness (QED) is 0.283. The molecule has 1 saturated heterocycles. The van der Waals surface area contributed by atoms with Crippen molar-refractivity contribution in [3.05, 3.63) is 58.5 Å². The van der Waals surface area contributed by atoms with Crippen LogP contribution in [0.15, 0.2) is 47.4 Å². The summed E-state index contributed by atoms with van der Waals surface area (Å²) in [5.74, 6) is -0.714. The highest BCUT2D eigenvalue weighted by molar-refractivity contribution is 8.18. The van der Waals surface area contributed by atoms with E-state index in [1.807, 2.05) is 0 Å². The van der Waals surface area contributed by atoms with Crippen molar-refractivity contribution in [1.29, 1.82) is 0 Å². The van der Waals surface area contributed by atoms with E-state index in [0.29, 0.717) is 29.2 Å². The van der Waals surface area contributed by atoms with Crippen LogP contribution in [0.2, 0.25) is 0 Å². The van der Waals surface area contributed by atoms with Crippen LogP contribution in [0.4, 0.5) is 4.79 Å². The predicted octanol–water partition coefficient (Wildman–Crippen LogP) is 4.30. The summed E-state index contributed by atoms with van der Waals surface area (Å²) < 4.78 is 21.2. The van der Waals surface area contributed by atoms with Crippen molar-refractivity contribution in [2.75, 3.05) is 20.3 Å². The number of methoxy groups -OCH3 is 1. The highest BCUT2D eigenvalue weighted by Crippen LogP contribution is 2.35. The Morgan fingerprint density at radius 2 is 1.77 bits per heavy atom. The Balaban J connectivity index is 1.77. The Hall–Kier alpha value is -3.79. The zero-order valence-electron chi connectivity index (χ0n) is 19.7. The third-order valence-corrected chi connectivity index (χ3v) is 5.53. The molecule has 0 saturated carbocycles. The van der Waals surface area contributed by atoms with Crippen molar-refractivity contribution in [3.8, 4) is 17.2 Å². The molecule has 0 aliphatic carbocycles. The molecule has 0 bridgehead atoms. The topological polar surface area (TPSA) is 108 Å². The van der Waals surface area contributed by atoms with Crippen LogP contribution in [0.5, 0.6) is 17.2 Å². The lowest BCUT2D eigenvalue weighted by atomic mass is 10.1. The minimum Gasteiger partial charge on any atom is -0.497 e. The van der Waals surface area contributed by atoms with Crippen molar-refractivity contribution in [2.45, 2.75) is 26.9 Å². The lowest BCUT2D eigenvalue weighted by Gasteiger charge is -2.13. The third kappa shape index (κ3) is 6.63. The number of amides is 2. The van der Waals surface area contributed by atoms with Gasteiger partial charge in [0.25, 0.3) is 11.1 Å². The van der Waals surface area contributed by atoms with E-state index in [0.717, 1.165) is 16.7 Å². The number of ether oxygens (including phenoxy) is 4. The molecule has 184 valence electrons. The number of carbonyl (C=O) groups excluding carboxylic acids is 4. The van der Waals surface area contributed by atoms with E-state index in [1.165, 1.54) is 13.2 Å². The number of thioether (sulfide) groups is 1. The number of esters is 2. The van der Waals surface area contributed by atoms with Crippen molar-refractivity contribution >= 4 is 40.9 Å². The van der Waals surface area contributed by atoms with Crippen LogP contribution in [0, 0.1) is 0 Å². The molecule has 9 nitrogen and oxygen atoms in total. The Kier molecular flexibility index (Phi) is 8.53. The summed E-state index contributed by atoms with van der Waals surface area (Å²) in [4.78, 5) is 50.3. The molecule has 0 aromatic heterocycles. The SMILES string of the molecule is CCOc1cc(/C=C2\SC(=O)N(CC(=O)OC(C)C)C2=O)ccc1OC(=O)c1ccc(OC)cc1. The fourth-order valence-corrected chi connectivity index (χ4v) is 3.91. The van der Waals surface area contributed by atoms with Gasteiger partial charge < -0.3 is 18.9 Å². The summed E-state index contributed by atoms with van der Waals surface area (Å²) in [5.41, 5.74) is 0.884. The van der Waals surface area contributed by atoms with Gasteiger partial charge in [-0.25, -0.2) is 4.79 Å². The molecule has 2 aromatic carbocycles. The van der Waals surface area contributed by atoms with Gasteiger partial charge in [0, 0.05) is 0 Å².